The molecule has 1 aromatic carbocycles. The predicted molar refractivity (Wildman–Crippen MR) is 93.1 cm³/mol. The molecule has 0 bridgehead atoms. The van der Waals surface area contributed by atoms with Gasteiger partial charge in [0.25, 0.3) is 5.91 Å². The summed E-state index contributed by atoms with van der Waals surface area (Å²) in [6.45, 7) is 3.05. The number of rotatable bonds is 5. The quantitative estimate of drug-likeness (QED) is 0.527. The average Bonchev–Trinajstić information content (AvgIpc) is 2.56. The SMILES string of the molecule is COc1cc(/C=N\NC(=O)CN2CCOCC2)c(Br)c(Br)c1O. The summed E-state index contributed by atoms with van der Waals surface area (Å²) in [5, 5.41) is 13.8. The molecule has 9 heteroatoms. The second kappa shape index (κ2) is 8.62. The fourth-order valence-electron chi connectivity index (χ4n) is 2.03. The van der Waals surface area contributed by atoms with Gasteiger partial charge in [-0.1, -0.05) is 0 Å². The molecule has 0 atom stereocenters. The van der Waals surface area contributed by atoms with Gasteiger partial charge in [-0.05, 0) is 37.9 Å². The minimum Gasteiger partial charge on any atom is -0.503 e. The van der Waals surface area contributed by atoms with Gasteiger partial charge in [0.05, 0.1) is 37.6 Å². The summed E-state index contributed by atoms with van der Waals surface area (Å²) in [5.41, 5.74) is 3.14. The number of hydrazone groups is 1. The molecular formula is C14H17Br2N3O4. The number of nitrogens with one attached hydrogen (secondary N) is 1. The highest BCUT2D eigenvalue weighted by Crippen LogP contribution is 2.41. The zero-order valence-corrected chi connectivity index (χ0v) is 15.7. The van der Waals surface area contributed by atoms with Crippen molar-refractivity contribution in [2.24, 2.45) is 5.10 Å². The Kier molecular flexibility index (Phi) is 6.82. The second-order valence-corrected chi connectivity index (χ2v) is 6.41. The van der Waals surface area contributed by atoms with Crippen molar-refractivity contribution >= 4 is 44.0 Å². The number of aromatic hydroxyl groups is 1. The molecule has 23 heavy (non-hydrogen) atoms. The van der Waals surface area contributed by atoms with E-state index in [0.717, 1.165) is 13.1 Å². The molecule has 2 N–H and O–H groups in total. The summed E-state index contributed by atoms with van der Waals surface area (Å²) >= 11 is 6.62. The zero-order chi connectivity index (χ0) is 16.8. The van der Waals surface area contributed by atoms with Crippen molar-refractivity contribution in [1.29, 1.82) is 0 Å². The molecule has 1 aliphatic rings. The van der Waals surface area contributed by atoms with Crippen LogP contribution < -0.4 is 10.2 Å². The van der Waals surface area contributed by atoms with Crippen LogP contribution in [0.5, 0.6) is 11.5 Å². The number of carbonyl (C=O) groups is 1. The van der Waals surface area contributed by atoms with Crippen LogP contribution >= 0.6 is 31.9 Å². The van der Waals surface area contributed by atoms with Gasteiger partial charge in [0.15, 0.2) is 11.5 Å². The van der Waals surface area contributed by atoms with E-state index in [0.29, 0.717) is 33.5 Å². The van der Waals surface area contributed by atoms with E-state index in [1.54, 1.807) is 6.07 Å². The zero-order valence-electron chi connectivity index (χ0n) is 12.5. The van der Waals surface area contributed by atoms with Crippen molar-refractivity contribution < 1.29 is 19.4 Å². The maximum atomic E-state index is 11.8. The van der Waals surface area contributed by atoms with Crippen molar-refractivity contribution in [2.75, 3.05) is 40.0 Å². The largest absolute Gasteiger partial charge is 0.503 e. The van der Waals surface area contributed by atoms with Gasteiger partial charge in [-0.3, -0.25) is 9.69 Å². The van der Waals surface area contributed by atoms with E-state index in [4.69, 9.17) is 9.47 Å². The minimum absolute atomic E-state index is 0.00659. The smallest absolute Gasteiger partial charge is 0.254 e. The minimum atomic E-state index is -0.191. The first-order valence-corrected chi connectivity index (χ1v) is 8.48. The Bertz CT molecular complexity index is 604. The van der Waals surface area contributed by atoms with Crippen LogP contribution in [0.3, 0.4) is 0 Å². The first-order valence-electron chi connectivity index (χ1n) is 6.90. The van der Waals surface area contributed by atoms with Gasteiger partial charge in [-0.2, -0.15) is 5.10 Å². The highest BCUT2D eigenvalue weighted by Gasteiger charge is 2.15. The molecule has 0 aliphatic carbocycles. The molecule has 1 saturated heterocycles. The van der Waals surface area contributed by atoms with E-state index in [1.807, 2.05) is 4.90 Å². The Balaban J connectivity index is 1.97. The number of halogens is 2. The maximum Gasteiger partial charge on any atom is 0.254 e. The molecule has 0 radical (unpaired) electrons. The fraction of sp³-hybridized carbons (Fsp3) is 0.429. The molecule has 2 rings (SSSR count). The molecule has 0 unspecified atom stereocenters. The number of amides is 1. The molecule has 126 valence electrons. The molecule has 1 amide bonds. The standard InChI is InChI=1S/C14H17Br2N3O4/c1-22-10-6-9(12(15)13(16)14(10)21)7-17-18-11(20)8-19-2-4-23-5-3-19/h6-7,21H,2-5,8H2,1H3,(H,18,20)/b17-7-. The van der Waals surface area contributed by atoms with E-state index in [2.05, 4.69) is 42.4 Å². The van der Waals surface area contributed by atoms with Crippen LogP contribution in [0, 0.1) is 0 Å². The number of ether oxygens (including phenoxy) is 2. The summed E-state index contributed by atoms with van der Waals surface area (Å²) in [5.74, 6) is 0.109. The molecule has 7 nitrogen and oxygen atoms in total. The first kappa shape index (κ1) is 18.2. The molecule has 1 heterocycles. The normalized spacial score (nSPS) is 15.8. The Hall–Kier alpha value is -1.16. The Morgan fingerprint density at radius 2 is 2.17 bits per heavy atom. The van der Waals surface area contributed by atoms with E-state index in [1.165, 1.54) is 13.3 Å². The number of methoxy groups -OCH3 is 1. The third-order valence-electron chi connectivity index (χ3n) is 3.26. The van der Waals surface area contributed by atoms with Crippen LogP contribution in [0.2, 0.25) is 0 Å². The van der Waals surface area contributed by atoms with Crippen LogP contribution in [0.4, 0.5) is 0 Å². The van der Waals surface area contributed by atoms with Crippen LogP contribution in [0.15, 0.2) is 20.1 Å². The Morgan fingerprint density at radius 1 is 1.48 bits per heavy atom. The summed E-state index contributed by atoms with van der Waals surface area (Å²) in [6, 6.07) is 1.61. The van der Waals surface area contributed by atoms with Gasteiger partial charge < -0.3 is 14.6 Å². The fourth-order valence-corrected chi connectivity index (χ4v) is 2.86. The first-order chi connectivity index (χ1) is 11.0. The summed E-state index contributed by atoms with van der Waals surface area (Å²) in [4.78, 5) is 13.8. The van der Waals surface area contributed by atoms with E-state index in [-0.39, 0.29) is 18.2 Å². The number of nitrogens with zero attached hydrogens (tertiary/aromatic N) is 2. The maximum absolute atomic E-state index is 11.8. The predicted octanol–water partition coefficient (Wildman–Crippen LogP) is 1.71. The van der Waals surface area contributed by atoms with Gasteiger partial charge in [-0.15, -0.1) is 0 Å². The number of benzene rings is 1. The van der Waals surface area contributed by atoms with Crippen LogP contribution in [0.1, 0.15) is 5.56 Å². The van der Waals surface area contributed by atoms with Gasteiger partial charge in [0.1, 0.15) is 0 Å². The summed E-state index contributed by atoms with van der Waals surface area (Å²) < 4.78 is 11.4. The number of carbonyl (C=O) groups excluding carboxylic acids is 1. The molecule has 0 saturated carbocycles. The number of hydrogen-bond donors (Lipinski definition) is 2. The van der Waals surface area contributed by atoms with Gasteiger partial charge >= 0.3 is 0 Å². The molecule has 1 aliphatic heterocycles. The number of morpholine rings is 1. The molecule has 0 spiro atoms. The topological polar surface area (TPSA) is 83.4 Å². The molecule has 1 fully saturated rings. The second-order valence-electron chi connectivity index (χ2n) is 4.83. The van der Waals surface area contributed by atoms with E-state index < -0.39 is 0 Å². The Labute approximate surface area is 150 Å². The van der Waals surface area contributed by atoms with E-state index in [9.17, 15) is 9.90 Å². The number of phenolic OH excluding ortho intramolecular Hbond substituents is 1. The lowest BCUT2D eigenvalue weighted by Gasteiger charge is -2.25. The van der Waals surface area contributed by atoms with Crippen molar-refractivity contribution in [3.05, 3.63) is 20.6 Å². The summed E-state index contributed by atoms with van der Waals surface area (Å²) in [7, 11) is 1.46. The molecule has 0 aromatic heterocycles. The Morgan fingerprint density at radius 3 is 2.83 bits per heavy atom. The lowest BCUT2D eigenvalue weighted by molar-refractivity contribution is -0.123. The number of hydrogen-bond acceptors (Lipinski definition) is 6. The van der Waals surface area contributed by atoms with Crippen molar-refractivity contribution in [2.45, 2.75) is 0 Å². The van der Waals surface area contributed by atoms with Gasteiger partial charge in [0, 0.05) is 23.1 Å². The average molecular weight is 451 g/mol. The van der Waals surface area contributed by atoms with Crippen LogP contribution in [-0.2, 0) is 9.53 Å². The third kappa shape index (κ3) is 4.90. The third-order valence-corrected chi connectivity index (χ3v) is 5.42. The van der Waals surface area contributed by atoms with Crippen molar-refractivity contribution in [3.8, 4) is 11.5 Å². The summed E-state index contributed by atoms with van der Waals surface area (Å²) in [6.07, 6.45) is 1.48. The number of phenols is 1. The highest BCUT2D eigenvalue weighted by molar-refractivity contribution is 9.13. The molecule has 1 aromatic rings. The van der Waals surface area contributed by atoms with Crippen molar-refractivity contribution in [1.82, 2.24) is 10.3 Å². The molecular weight excluding hydrogens is 434 g/mol. The van der Waals surface area contributed by atoms with Crippen LogP contribution in [-0.4, -0.2) is 62.1 Å². The van der Waals surface area contributed by atoms with Gasteiger partial charge in [0.2, 0.25) is 0 Å². The van der Waals surface area contributed by atoms with Gasteiger partial charge in [-0.25, -0.2) is 5.43 Å². The van der Waals surface area contributed by atoms with Crippen LogP contribution in [0.25, 0.3) is 0 Å². The van der Waals surface area contributed by atoms with Crippen molar-refractivity contribution in [3.63, 3.8) is 0 Å². The lowest BCUT2D eigenvalue weighted by Crippen LogP contribution is -2.42. The lowest BCUT2D eigenvalue weighted by atomic mass is 10.2. The monoisotopic (exact) mass is 449 g/mol. The van der Waals surface area contributed by atoms with E-state index >= 15 is 0 Å². The highest BCUT2D eigenvalue weighted by atomic mass is 79.9.